The monoisotopic (exact) mass is 537 g/mol. The quantitative estimate of drug-likeness (QED) is 0.182. The second-order valence-corrected chi connectivity index (χ2v) is 11.6. The number of hydrogen-bond donors (Lipinski definition) is 2. The second kappa shape index (κ2) is 12.9. The van der Waals surface area contributed by atoms with Crippen molar-refractivity contribution in [2.24, 2.45) is 23.7 Å². The van der Waals surface area contributed by atoms with Crippen LogP contribution in [0.25, 0.3) is 6.08 Å². The number of carboxylic acids is 1. The molecule has 4 rings (SSSR count). The van der Waals surface area contributed by atoms with E-state index in [1.165, 1.54) is 21.6 Å². The summed E-state index contributed by atoms with van der Waals surface area (Å²) in [6, 6.07) is 7.31. The molecule has 2 N–H and O–H groups in total. The Hall–Kier alpha value is -2.93. The molecule has 7 nitrogen and oxygen atoms in total. The van der Waals surface area contributed by atoms with E-state index in [9.17, 15) is 19.5 Å². The van der Waals surface area contributed by atoms with Gasteiger partial charge in [0, 0.05) is 18.9 Å². The Labute approximate surface area is 231 Å². The van der Waals surface area contributed by atoms with E-state index in [0.29, 0.717) is 38.8 Å². The topological polar surface area (TPSA) is 104 Å². The summed E-state index contributed by atoms with van der Waals surface area (Å²) < 4.78 is 6.38. The van der Waals surface area contributed by atoms with Crippen LogP contribution in [-0.2, 0) is 19.1 Å². The largest absolute Gasteiger partial charge is 0.508 e. The number of carbonyl (C=O) groups is 3. The fourth-order valence-corrected chi connectivity index (χ4v) is 6.72. The van der Waals surface area contributed by atoms with Crippen molar-refractivity contribution in [3.63, 3.8) is 0 Å². The van der Waals surface area contributed by atoms with Gasteiger partial charge in [-0.2, -0.15) is 0 Å². The highest BCUT2D eigenvalue weighted by molar-refractivity contribution is 6.06. The number of phenolic OH excluding ortho intramolecular Hbond substituents is 1. The van der Waals surface area contributed by atoms with E-state index in [1.54, 1.807) is 12.1 Å². The SMILES string of the molecule is CCC/C(=C\c1cccc(O)c1)CC[C@H]1OC[C@H]2C1=C(C(C)C)C[C@H]1C(=O)N(CCCCCC(=O)O)C(=O)[C@H]12. The number of rotatable bonds is 13. The number of benzene rings is 1. The Bertz CT molecular complexity index is 1140. The van der Waals surface area contributed by atoms with E-state index in [1.807, 2.05) is 12.1 Å². The van der Waals surface area contributed by atoms with Crippen LogP contribution in [0.2, 0.25) is 0 Å². The highest BCUT2D eigenvalue weighted by atomic mass is 16.5. The highest BCUT2D eigenvalue weighted by Crippen LogP contribution is 2.51. The number of imide groups is 1. The molecule has 212 valence electrons. The highest BCUT2D eigenvalue weighted by Gasteiger charge is 2.56. The fraction of sp³-hybridized carbons (Fsp3) is 0.594. The third-order valence-corrected chi connectivity index (χ3v) is 8.54. The molecule has 0 bridgehead atoms. The van der Waals surface area contributed by atoms with Crippen molar-refractivity contribution in [1.82, 2.24) is 4.90 Å². The zero-order chi connectivity index (χ0) is 28.1. The van der Waals surface area contributed by atoms with Gasteiger partial charge in [0.25, 0.3) is 0 Å². The number of hydrogen-bond acceptors (Lipinski definition) is 5. The van der Waals surface area contributed by atoms with Gasteiger partial charge in [0.1, 0.15) is 5.75 Å². The summed E-state index contributed by atoms with van der Waals surface area (Å²) in [6.45, 7) is 7.34. The van der Waals surface area contributed by atoms with Gasteiger partial charge < -0.3 is 14.9 Å². The number of fused-ring (bicyclic) bond motifs is 3. The minimum absolute atomic E-state index is 0.0502. The number of carbonyl (C=O) groups excluding carboxylic acids is 2. The van der Waals surface area contributed by atoms with Crippen LogP contribution in [0, 0.1) is 23.7 Å². The molecule has 2 amide bonds. The van der Waals surface area contributed by atoms with Gasteiger partial charge in [0.15, 0.2) is 0 Å². The summed E-state index contributed by atoms with van der Waals surface area (Å²) in [5, 5.41) is 18.7. The predicted molar refractivity (Wildman–Crippen MR) is 150 cm³/mol. The minimum atomic E-state index is -0.818. The smallest absolute Gasteiger partial charge is 0.303 e. The van der Waals surface area contributed by atoms with E-state index in [2.05, 4.69) is 26.8 Å². The van der Waals surface area contributed by atoms with Crippen LogP contribution >= 0.6 is 0 Å². The van der Waals surface area contributed by atoms with E-state index >= 15 is 0 Å². The molecule has 0 saturated carbocycles. The Morgan fingerprint density at radius 1 is 1.10 bits per heavy atom. The van der Waals surface area contributed by atoms with Crippen LogP contribution < -0.4 is 0 Å². The normalized spacial score (nSPS) is 25.0. The summed E-state index contributed by atoms with van der Waals surface area (Å²) in [5.41, 5.74) is 4.84. The Balaban J connectivity index is 1.47. The summed E-state index contributed by atoms with van der Waals surface area (Å²) in [7, 11) is 0. The van der Waals surface area contributed by atoms with Crippen molar-refractivity contribution >= 4 is 23.9 Å². The Morgan fingerprint density at radius 2 is 1.90 bits per heavy atom. The number of unbranched alkanes of at least 4 members (excludes halogenated alkanes) is 2. The first-order valence-corrected chi connectivity index (χ1v) is 14.6. The van der Waals surface area contributed by atoms with Crippen LogP contribution in [0.4, 0.5) is 0 Å². The third-order valence-electron chi connectivity index (χ3n) is 8.54. The number of carboxylic acid groups (broad SMARTS) is 1. The predicted octanol–water partition coefficient (Wildman–Crippen LogP) is 5.97. The number of likely N-dealkylation sites (tertiary alicyclic amines) is 1. The molecular formula is C32H43NO6. The van der Waals surface area contributed by atoms with Crippen LogP contribution in [0.15, 0.2) is 41.0 Å². The molecule has 2 aliphatic heterocycles. The van der Waals surface area contributed by atoms with E-state index in [4.69, 9.17) is 9.84 Å². The van der Waals surface area contributed by atoms with Crippen molar-refractivity contribution in [3.8, 4) is 5.75 Å². The first-order chi connectivity index (χ1) is 18.7. The maximum Gasteiger partial charge on any atom is 0.303 e. The molecule has 39 heavy (non-hydrogen) atoms. The zero-order valence-electron chi connectivity index (χ0n) is 23.5. The number of nitrogens with zero attached hydrogens (tertiary/aromatic N) is 1. The fourth-order valence-electron chi connectivity index (χ4n) is 6.72. The maximum atomic E-state index is 13.5. The number of aromatic hydroxyl groups is 1. The number of allylic oxidation sites excluding steroid dienone is 2. The molecular weight excluding hydrogens is 494 g/mol. The van der Waals surface area contributed by atoms with Crippen molar-refractivity contribution in [1.29, 1.82) is 0 Å². The van der Waals surface area contributed by atoms with Crippen LogP contribution in [-0.4, -0.2) is 52.2 Å². The van der Waals surface area contributed by atoms with Crippen LogP contribution in [0.5, 0.6) is 5.75 Å². The lowest BCUT2D eigenvalue weighted by Crippen LogP contribution is -2.35. The molecule has 1 aromatic carbocycles. The molecule has 2 heterocycles. The molecule has 2 saturated heterocycles. The third kappa shape index (κ3) is 6.63. The summed E-state index contributed by atoms with van der Waals surface area (Å²) >= 11 is 0. The lowest BCUT2D eigenvalue weighted by Gasteiger charge is -2.33. The van der Waals surface area contributed by atoms with E-state index in [0.717, 1.165) is 31.2 Å². The number of amides is 2. The lowest BCUT2D eigenvalue weighted by atomic mass is 9.67. The molecule has 1 aliphatic carbocycles. The van der Waals surface area contributed by atoms with Gasteiger partial charge >= 0.3 is 5.97 Å². The lowest BCUT2D eigenvalue weighted by molar-refractivity contribution is -0.141. The summed E-state index contributed by atoms with van der Waals surface area (Å²) in [6.07, 6.45) is 8.44. The number of aliphatic carboxylic acids is 1. The average molecular weight is 538 g/mol. The molecule has 2 fully saturated rings. The maximum absolute atomic E-state index is 13.5. The molecule has 0 aromatic heterocycles. The van der Waals surface area contributed by atoms with Gasteiger partial charge in [-0.15, -0.1) is 0 Å². The molecule has 0 radical (unpaired) electrons. The van der Waals surface area contributed by atoms with Crippen molar-refractivity contribution < 1.29 is 29.3 Å². The van der Waals surface area contributed by atoms with Gasteiger partial charge in [0.2, 0.25) is 11.8 Å². The minimum Gasteiger partial charge on any atom is -0.508 e. The van der Waals surface area contributed by atoms with Gasteiger partial charge in [-0.1, -0.05) is 63.0 Å². The van der Waals surface area contributed by atoms with Gasteiger partial charge in [-0.3, -0.25) is 19.3 Å². The molecule has 0 spiro atoms. The number of phenols is 1. The summed E-state index contributed by atoms with van der Waals surface area (Å²) in [4.78, 5) is 39.1. The van der Waals surface area contributed by atoms with Crippen LogP contribution in [0.1, 0.15) is 84.1 Å². The van der Waals surface area contributed by atoms with Crippen molar-refractivity contribution in [2.45, 2.75) is 84.7 Å². The first-order valence-electron chi connectivity index (χ1n) is 14.6. The molecule has 4 atom stereocenters. The van der Waals surface area contributed by atoms with Crippen molar-refractivity contribution in [2.75, 3.05) is 13.2 Å². The van der Waals surface area contributed by atoms with E-state index < -0.39 is 5.97 Å². The van der Waals surface area contributed by atoms with Gasteiger partial charge in [-0.25, -0.2) is 0 Å². The molecule has 1 aromatic rings. The van der Waals surface area contributed by atoms with Crippen LogP contribution in [0.3, 0.4) is 0 Å². The standard InChI is InChI=1S/C32H43NO6/c1-4-9-21(16-22-10-8-11-23(34)17-22)13-14-27-29-24(20(2)3)18-25-30(26(29)19-39-27)32(38)33(31(25)37)15-7-5-6-12-28(35)36/h8,10-11,16-17,20,25-27,30,34H,4-7,9,12-15,18-19H2,1-3H3,(H,35,36)/b21-16+/t25-,26+,27-,30-/m1/s1. The molecule has 7 heteroatoms. The number of ether oxygens (including phenoxy) is 1. The molecule has 3 aliphatic rings. The second-order valence-electron chi connectivity index (χ2n) is 11.6. The van der Waals surface area contributed by atoms with E-state index in [-0.39, 0.29) is 53.8 Å². The Kier molecular flexibility index (Phi) is 9.65. The zero-order valence-corrected chi connectivity index (χ0v) is 23.5. The first kappa shape index (κ1) is 29.1. The van der Waals surface area contributed by atoms with Crippen molar-refractivity contribution in [3.05, 3.63) is 46.5 Å². The average Bonchev–Trinajstić information content (AvgIpc) is 3.40. The molecule has 0 unspecified atom stereocenters. The van der Waals surface area contributed by atoms with Gasteiger partial charge in [0.05, 0.1) is 24.5 Å². The Morgan fingerprint density at radius 3 is 2.59 bits per heavy atom. The summed E-state index contributed by atoms with van der Waals surface area (Å²) in [5.74, 6) is -1.14. The van der Waals surface area contributed by atoms with Gasteiger partial charge in [-0.05, 0) is 67.7 Å².